The highest BCUT2D eigenvalue weighted by Gasteiger charge is 2.04. The Morgan fingerprint density at radius 2 is 2.00 bits per heavy atom. The fourth-order valence-corrected chi connectivity index (χ4v) is 2.53. The van der Waals surface area contributed by atoms with Crippen molar-refractivity contribution in [2.45, 2.75) is 13.0 Å². The molecule has 4 heteroatoms. The molecule has 0 radical (unpaired) electrons. The van der Waals surface area contributed by atoms with E-state index >= 15 is 0 Å². The van der Waals surface area contributed by atoms with Gasteiger partial charge in [0.05, 0.1) is 24.4 Å². The maximum atomic E-state index is 11.8. The first-order chi connectivity index (χ1) is 9.78. The van der Waals surface area contributed by atoms with Crippen LogP contribution >= 0.6 is 11.3 Å². The van der Waals surface area contributed by atoms with E-state index in [9.17, 15) is 4.79 Å². The van der Waals surface area contributed by atoms with Gasteiger partial charge in [0.2, 0.25) is 5.91 Å². The Kier molecular flexibility index (Phi) is 5.36. The molecule has 0 bridgehead atoms. The van der Waals surface area contributed by atoms with Crippen LogP contribution in [-0.2, 0) is 17.8 Å². The van der Waals surface area contributed by atoms with Crippen molar-refractivity contribution in [3.05, 3.63) is 57.8 Å². The van der Waals surface area contributed by atoms with E-state index in [0.29, 0.717) is 19.5 Å². The fourth-order valence-electron chi connectivity index (χ4n) is 1.71. The van der Waals surface area contributed by atoms with Crippen LogP contribution in [0, 0.1) is 11.8 Å². The van der Waals surface area contributed by atoms with Crippen molar-refractivity contribution in [3.8, 4) is 11.8 Å². The van der Waals surface area contributed by atoms with Gasteiger partial charge in [-0.05, 0) is 17.7 Å². The zero-order valence-electron chi connectivity index (χ0n) is 11.1. The van der Waals surface area contributed by atoms with E-state index in [-0.39, 0.29) is 5.91 Å². The Hall–Kier alpha value is -2.09. The monoisotopic (exact) mass is 284 g/mol. The number of nitrogens with one attached hydrogen (secondary N) is 1. The summed E-state index contributed by atoms with van der Waals surface area (Å²) < 4.78 is 0. The van der Waals surface area contributed by atoms with Crippen LogP contribution < -0.4 is 11.1 Å². The minimum atomic E-state index is 0.0270. The van der Waals surface area contributed by atoms with E-state index in [0.717, 1.165) is 15.3 Å². The third-order valence-electron chi connectivity index (χ3n) is 2.64. The summed E-state index contributed by atoms with van der Waals surface area (Å²) in [6, 6.07) is 13.6. The van der Waals surface area contributed by atoms with Crippen LogP contribution in [0.15, 0.2) is 42.5 Å². The van der Waals surface area contributed by atoms with Crippen molar-refractivity contribution < 1.29 is 4.79 Å². The molecule has 1 amide bonds. The van der Waals surface area contributed by atoms with Crippen molar-refractivity contribution in [2.75, 3.05) is 6.54 Å². The van der Waals surface area contributed by atoms with Crippen LogP contribution in [0.5, 0.6) is 0 Å². The van der Waals surface area contributed by atoms with Crippen LogP contribution in [0.25, 0.3) is 0 Å². The Labute approximate surface area is 122 Å². The van der Waals surface area contributed by atoms with Crippen LogP contribution in [0.1, 0.15) is 15.3 Å². The average molecular weight is 284 g/mol. The van der Waals surface area contributed by atoms with Crippen molar-refractivity contribution in [2.24, 2.45) is 5.73 Å². The minimum absolute atomic E-state index is 0.0270. The Morgan fingerprint density at radius 3 is 2.75 bits per heavy atom. The highest BCUT2D eigenvalue weighted by atomic mass is 32.1. The summed E-state index contributed by atoms with van der Waals surface area (Å²) in [4.78, 5) is 13.9. The molecule has 0 fully saturated rings. The van der Waals surface area contributed by atoms with Crippen molar-refractivity contribution in [3.63, 3.8) is 0 Å². The minimum Gasteiger partial charge on any atom is -0.351 e. The molecule has 0 aliphatic carbocycles. The van der Waals surface area contributed by atoms with Gasteiger partial charge in [0.25, 0.3) is 0 Å². The summed E-state index contributed by atoms with van der Waals surface area (Å²) in [5, 5.41) is 2.92. The van der Waals surface area contributed by atoms with Gasteiger partial charge in [0, 0.05) is 4.88 Å². The molecule has 3 N–H and O–H groups in total. The predicted octanol–water partition coefficient (Wildman–Crippen LogP) is 1.92. The van der Waals surface area contributed by atoms with Crippen LogP contribution in [0.4, 0.5) is 0 Å². The normalized spacial score (nSPS) is 9.65. The first-order valence-electron chi connectivity index (χ1n) is 6.36. The molecule has 2 aromatic rings. The standard InChI is InChI=1S/C16H16N2OS/c17-10-4-7-14-8-9-15(20-14)12-18-16(19)11-13-5-2-1-3-6-13/h1-3,5-6,8-9H,10-12,17H2,(H,18,19). The van der Waals surface area contributed by atoms with Gasteiger partial charge in [0.1, 0.15) is 0 Å². The quantitative estimate of drug-likeness (QED) is 0.843. The number of carbonyl (C=O) groups is 1. The Bertz CT molecular complexity index is 623. The molecule has 0 aliphatic heterocycles. The zero-order valence-corrected chi connectivity index (χ0v) is 11.9. The van der Waals surface area contributed by atoms with Gasteiger partial charge in [-0.1, -0.05) is 42.2 Å². The lowest BCUT2D eigenvalue weighted by Crippen LogP contribution is -2.24. The lowest BCUT2D eigenvalue weighted by molar-refractivity contribution is -0.120. The van der Waals surface area contributed by atoms with Gasteiger partial charge >= 0.3 is 0 Å². The molecule has 1 aromatic heterocycles. The molecule has 2 rings (SSSR count). The average Bonchev–Trinajstić information content (AvgIpc) is 2.92. The third-order valence-corrected chi connectivity index (χ3v) is 3.64. The van der Waals surface area contributed by atoms with E-state index in [1.165, 1.54) is 0 Å². The van der Waals surface area contributed by atoms with Crippen molar-refractivity contribution >= 4 is 17.2 Å². The first kappa shape index (κ1) is 14.3. The fraction of sp³-hybridized carbons (Fsp3) is 0.188. The van der Waals surface area contributed by atoms with Gasteiger partial charge in [0.15, 0.2) is 0 Å². The van der Waals surface area contributed by atoms with Crippen molar-refractivity contribution in [1.29, 1.82) is 0 Å². The van der Waals surface area contributed by atoms with E-state index in [1.807, 2.05) is 42.5 Å². The second kappa shape index (κ2) is 7.49. The number of hydrogen-bond acceptors (Lipinski definition) is 3. The maximum Gasteiger partial charge on any atom is 0.224 e. The molecule has 0 saturated heterocycles. The topological polar surface area (TPSA) is 55.1 Å². The zero-order chi connectivity index (χ0) is 14.2. The number of amides is 1. The van der Waals surface area contributed by atoms with Gasteiger partial charge in [-0.2, -0.15) is 0 Å². The molecular weight excluding hydrogens is 268 g/mol. The van der Waals surface area contributed by atoms with Crippen molar-refractivity contribution in [1.82, 2.24) is 5.32 Å². The second-order valence-electron chi connectivity index (χ2n) is 4.21. The highest BCUT2D eigenvalue weighted by molar-refractivity contribution is 7.12. The van der Waals surface area contributed by atoms with E-state index in [1.54, 1.807) is 11.3 Å². The summed E-state index contributed by atoms with van der Waals surface area (Å²) in [6.07, 6.45) is 0.409. The first-order valence-corrected chi connectivity index (χ1v) is 7.18. The number of nitrogens with two attached hydrogens (primary N) is 1. The summed E-state index contributed by atoms with van der Waals surface area (Å²) in [5.74, 6) is 5.83. The molecule has 20 heavy (non-hydrogen) atoms. The number of thiophene rings is 1. The molecule has 102 valence electrons. The summed E-state index contributed by atoms with van der Waals surface area (Å²) in [6.45, 7) is 0.904. The second-order valence-corrected chi connectivity index (χ2v) is 5.38. The number of hydrogen-bond donors (Lipinski definition) is 2. The number of rotatable bonds is 4. The lowest BCUT2D eigenvalue weighted by Gasteiger charge is -2.03. The molecule has 0 aliphatic rings. The molecule has 0 atom stereocenters. The number of benzene rings is 1. The van der Waals surface area contributed by atoms with Gasteiger partial charge in [-0.3, -0.25) is 4.79 Å². The summed E-state index contributed by atoms with van der Waals surface area (Å²) in [5.41, 5.74) is 6.35. The molecule has 0 unspecified atom stereocenters. The smallest absolute Gasteiger partial charge is 0.224 e. The largest absolute Gasteiger partial charge is 0.351 e. The summed E-state index contributed by atoms with van der Waals surface area (Å²) >= 11 is 1.58. The summed E-state index contributed by atoms with van der Waals surface area (Å²) in [7, 11) is 0. The maximum absolute atomic E-state index is 11.8. The van der Waals surface area contributed by atoms with Crippen LogP contribution in [0.2, 0.25) is 0 Å². The predicted molar refractivity (Wildman–Crippen MR) is 82.2 cm³/mol. The highest BCUT2D eigenvalue weighted by Crippen LogP contribution is 2.15. The van der Waals surface area contributed by atoms with E-state index in [2.05, 4.69) is 17.2 Å². The molecule has 0 spiro atoms. The van der Waals surface area contributed by atoms with E-state index in [4.69, 9.17) is 5.73 Å². The van der Waals surface area contributed by atoms with Gasteiger partial charge in [-0.25, -0.2) is 0 Å². The lowest BCUT2D eigenvalue weighted by atomic mass is 10.1. The molecular formula is C16H16N2OS. The van der Waals surface area contributed by atoms with Gasteiger partial charge < -0.3 is 11.1 Å². The Balaban J connectivity index is 1.83. The Morgan fingerprint density at radius 1 is 1.20 bits per heavy atom. The SMILES string of the molecule is NCC#Cc1ccc(CNC(=O)Cc2ccccc2)s1. The third kappa shape index (κ3) is 4.54. The van der Waals surface area contributed by atoms with E-state index < -0.39 is 0 Å². The van der Waals surface area contributed by atoms with Crippen LogP contribution in [0.3, 0.4) is 0 Å². The number of carbonyl (C=O) groups excluding carboxylic acids is 1. The van der Waals surface area contributed by atoms with Gasteiger partial charge in [-0.15, -0.1) is 11.3 Å². The van der Waals surface area contributed by atoms with Crippen LogP contribution in [-0.4, -0.2) is 12.5 Å². The molecule has 0 saturated carbocycles. The molecule has 1 aromatic carbocycles. The molecule has 3 nitrogen and oxygen atoms in total. The molecule has 1 heterocycles.